The maximum atomic E-state index is 11.9. The van der Waals surface area contributed by atoms with E-state index in [1.165, 1.54) is 0 Å². The Labute approximate surface area is 136 Å². The average Bonchev–Trinajstić information content (AvgIpc) is 2.92. The van der Waals surface area contributed by atoms with E-state index in [0.29, 0.717) is 13.0 Å². The van der Waals surface area contributed by atoms with Gasteiger partial charge >= 0.3 is 0 Å². The molecule has 0 aliphatic heterocycles. The average molecular weight is 331 g/mol. The van der Waals surface area contributed by atoms with Crippen LogP contribution in [-0.2, 0) is 11.2 Å². The fraction of sp³-hybridized carbons (Fsp3) is 0.286. The fourth-order valence-electron chi connectivity index (χ4n) is 1.77. The van der Waals surface area contributed by atoms with Crippen LogP contribution in [0.4, 0.5) is 0 Å². The van der Waals surface area contributed by atoms with Crippen LogP contribution < -0.4 is 11.1 Å². The third-order valence-corrected chi connectivity index (χ3v) is 2.93. The third-order valence-electron chi connectivity index (χ3n) is 2.93. The number of nitrogens with two attached hydrogens (primary N) is 1. The molecule has 2 aromatic rings. The highest BCUT2D eigenvalue weighted by molar-refractivity contribution is 5.85. The predicted octanol–water partition coefficient (Wildman–Crippen LogP) is 1.92. The van der Waals surface area contributed by atoms with Gasteiger partial charge in [-0.05, 0) is 12.5 Å². The van der Waals surface area contributed by atoms with Crippen molar-refractivity contribution >= 4 is 30.7 Å². The third kappa shape index (κ3) is 5.75. The molecule has 0 saturated heterocycles. The van der Waals surface area contributed by atoms with Crippen molar-refractivity contribution in [3.63, 3.8) is 0 Å². The number of nitrogens with zero attached hydrogens (tertiary/aromatic N) is 1. The van der Waals surface area contributed by atoms with Gasteiger partial charge in [-0.1, -0.05) is 29.8 Å². The van der Waals surface area contributed by atoms with Gasteiger partial charge in [0.1, 0.15) is 11.9 Å². The van der Waals surface area contributed by atoms with E-state index >= 15 is 0 Å². The zero-order valence-electron chi connectivity index (χ0n) is 11.7. The van der Waals surface area contributed by atoms with Crippen molar-refractivity contribution in [1.29, 1.82) is 0 Å². The molecule has 0 radical (unpaired) electrons. The number of carbonyl (C=O) groups is 1. The summed E-state index contributed by atoms with van der Waals surface area (Å²) in [6.45, 7) is 2.52. The Kier molecular flexibility index (Phi) is 8.69. The highest BCUT2D eigenvalue weighted by Gasteiger charge is 2.14. The largest absolute Gasteiger partial charge is 0.354 e. The van der Waals surface area contributed by atoms with E-state index in [9.17, 15) is 4.79 Å². The van der Waals surface area contributed by atoms with Gasteiger partial charge in [0.05, 0.1) is 0 Å². The fourth-order valence-corrected chi connectivity index (χ4v) is 1.77. The summed E-state index contributed by atoms with van der Waals surface area (Å²) in [6, 6.07) is 7.03. The van der Waals surface area contributed by atoms with E-state index in [0.717, 1.165) is 17.0 Å². The molecule has 1 aromatic carbocycles. The Hall–Kier alpha value is -1.56. The molecule has 1 heterocycles. The van der Waals surface area contributed by atoms with Gasteiger partial charge in [0.15, 0.2) is 0 Å². The van der Waals surface area contributed by atoms with Crippen LogP contribution >= 0.6 is 24.8 Å². The van der Waals surface area contributed by atoms with Crippen LogP contribution in [0.3, 0.4) is 0 Å². The summed E-state index contributed by atoms with van der Waals surface area (Å²) in [5.74, 6) is 0.680. The molecule has 5 nitrogen and oxygen atoms in total. The van der Waals surface area contributed by atoms with E-state index in [4.69, 9.17) is 5.73 Å². The minimum Gasteiger partial charge on any atom is -0.354 e. The van der Waals surface area contributed by atoms with Gasteiger partial charge in [0, 0.05) is 25.4 Å². The lowest BCUT2D eigenvalue weighted by molar-refractivity contribution is -0.122. The minimum absolute atomic E-state index is 0. The summed E-state index contributed by atoms with van der Waals surface area (Å²) < 4.78 is 0. The summed E-state index contributed by atoms with van der Waals surface area (Å²) in [6.07, 6.45) is 4.11. The first-order valence-corrected chi connectivity index (χ1v) is 6.25. The van der Waals surface area contributed by atoms with Crippen molar-refractivity contribution in [2.75, 3.05) is 6.54 Å². The number of amides is 1. The molecule has 0 aliphatic carbocycles. The van der Waals surface area contributed by atoms with Crippen LogP contribution in [0, 0.1) is 6.92 Å². The Morgan fingerprint density at radius 3 is 2.57 bits per heavy atom. The first-order chi connectivity index (χ1) is 9.16. The lowest BCUT2D eigenvalue weighted by atomic mass is 10.1. The molecule has 21 heavy (non-hydrogen) atoms. The molecular weight excluding hydrogens is 311 g/mol. The highest BCUT2D eigenvalue weighted by Crippen LogP contribution is 2.11. The van der Waals surface area contributed by atoms with Gasteiger partial charge in [0.25, 0.3) is 0 Å². The lowest BCUT2D eigenvalue weighted by Crippen LogP contribution is -2.35. The first kappa shape index (κ1) is 19.4. The number of imidazole rings is 1. The number of aryl methyl sites for hydroxylation is 1. The van der Waals surface area contributed by atoms with E-state index in [1.807, 2.05) is 31.2 Å². The second-order valence-corrected chi connectivity index (χ2v) is 4.47. The summed E-state index contributed by atoms with van der Waals surface area (Å²) >= 11 is 0. The van der Waals surface area contributed by atoms with Crippen LogP contribution in [-0.4, -0.2) is 22.4 Å². The normalized spacial score (nSPS) is 11.0. The van der Waals surface area contributed by atoms with Crippen LogP contribution in [0.15, 0.2) is 36.7 Å². The zero-order valence-corrected chi connectivity index (χ0v) is 13.3. The number of benzene rings is 1. The topological polar surface area (TPSA) is 83.8 Å². The molecule has 2 rings (SSSR count). The molecule has 1 amide bonds. The Morgan fingerprint density at radius 2 is 2.00 bits per heavy atom. The first-order valence-electron chi connectivity index (χ1n) is 6.25. The predicted molar refractivity (Wildman–Crippen MR) is 87.9 cm³/mol. The highest BCUT2D eigenvalue weighted by atomic mass is 35.5. The van der Waals surface area contributed by atoms with Gasteiger partial charge in [-0.2, -0.15) is 0 Å². The number of halogens is 2. The Morgan fingerprint density at radius 1 is 1.33 bits per heavy atom. The molecule has 1 atom stereocenters. The second-order valence-electron chi connectivity index (χ2n) is 4.47. The molecule has 0 spiro atoms. The standard InChI is InChI=1S/C14H18N4O.2ClH/c1-10-2-4-11(5-3-10)13(15)14(19)18-7-6-12-16-8-9-17-12;;/h2-5,8-9,13H,6-7,15H2,1H3,(H,16,17)(H,18,19);2*1H. The maximum Gasteiger partial charge on any atom is 0.241 e. The molecule has 0 bridgehead atoms. The molecule has 0 aliphatic rings. The van der Waals surface area contributed by atoms with E-state index < -0.39 is 6.04 Å². The summed E-state index contributed by atoms with van der Waals surface area (Å²) in [5, 5.41) is 2.81. The number of H-pyrrole nitrogens is 1. The van der Waals surface area contributed by atoms with Crippen LogP contribution in [0.2, 0.25) is 0 Å². The van der Waals surface area contributed by atoms with Gasteiger partial charge in [-0.25, -0.2) is 4.98 Å². The number of aromatic amines is 1. The quantitative estimate of drug-likeness (QED) is 0.783. The summed E-state index contributed by atoms with van der Waals surface area (Å²) in [4.78, 5) is 19.0. The number of hydrogen-bond donors (Lipinski definition) is 3. The van der Waals surface area contributed by atoms with Crippen LogP contribution in [0.5, 0.6) is 0 Å². The molecule has 4 N–H and O–H groups in total. The van der Waals surface area contributed by atoms with Gasteiger partial charge in [0.2, 0.25) is 5.91 Å². The van der Waals surface area contributed by atoms with Crippen molar-refractivity contribution in [3.05, 3.63) is 53.6 Å². The summed E-state index contributed by atoms with van der Waals surface area (Å²) in [7, 11) is 0. The number of rotatable bonds is 5. The number of nitrogens with one attached hydrogen (secondary N) is 2. The van der Waals surface area contributed by atoms with E-state index in [1.54, 1.807) is 12.4 Å². The molecule has 7 heteroatoms. The van der Waals surface area contributed by atoms with Crippen molar-refractivity contribution in [3.8, 4) is 0 Å². The van der Waals surface area contributed by atoms with Crippen LogP contribution in [0.25, 0.3) is 0 Å². The zero-order chi connectivity index (χ0) is 13.7. The molecule has 0 saturated carbocycles. The van der Waals surface area contributed by atoms with Crippen molar-refractivity contribution in [1.82, 2.24) is 15.3 Å². The Balaban J connectivity index is 0.00000200. The summed E-state index contributed by atoms with van der Waals surface area (Å²) in [5.41, 5.74) is 7.88. The second kappa shape index (κ2) is 9.39. The smallest absolute Gasteiger partial charge is 0.241 e. The molecule has 1 unspecified atom stereocenters. The van der Waals surface area contributed by atoms with Gasteiger partial charge < -0.3 is 16.0 Å². The molecule has 116 valence electrons. The number of carbonyl (C=O) groups excluding carboxylic acids is 1. The molecular formula is C14H20Cl2N4O. The molecule has 1 aromatic heterocycles. The van der Waals surface area contributed by atoms with Gasteiger partial charge in [-0.3, -0.25) is 4.79 Å². The van der Waals surface area contributed by atoms with E-state index in [2.05, 4.69) is 15.3 Å². The van der Waals surface area contributed by atoms with Crippen LogP contribution in [0.1, 0.15) is 23.0 Å². The monoisotopic (exact) mass is 330 g/mol. The van der Waals surface area contributed by atoms with Crippen molar-refractivity contribution < 1.29 is 4.79 Å². The molecule has 0 fully saturated rings. The Bertz CT molecular complexity index is 528. The SMILES string of the molecule is Cc1ccc(C(N)C(=O)NCCc2ncc[nH]2)cc1.Cl.Cl. The van der Waals surface area contributed by atoms with Crippen molar-refractivity contribution in [2.45, 2.75) is 19.4 Å². The number of hydrogen-bond acceptors (Lipinski definition) is 3. The lowest BCUT2D eigenvalue weighted by Gasteiger charge is -2.12. The maximum absolute atomic E-state index is 11.9. The van der Waals surface area contributed by atoms with E-state index in [-0.39, 0.29) is 30.7 Å². The van der Waals surface area contributed by atoms with Crippen molar-refractivity contribution in [2.24, 2.45) is 5.73 Å². The van der Waals surface area contributed by atoms with Gasteiger partial charge in [-0.15, -0.1) is 24.8 Å². The number of aromatic nitrogens is 2. The minimum atomic E-state index is -0.628.